The highest BCUT2D eigenvalue weighted by molar-refractivity contribution is 7.89. The second-order valence-corrected chi connectivity index (χ2v) is 5.82. The maximum absolute atomic E-state index is 12.3. The van der Waals surface area contributed by atoms with Gasteiger partial charge in [0.05, 0.1) is 31.4 Å². The Morgan fingerprint density at radius 1 is 1.39 bits per heavy atom. The van der Waals surface area contributed by atoms with Crippen molar-refractivity contribution in [2.75, 3.05) is 26.9 Å². The summed E-state index contributed by atoms with van der Waals surface area (Å²) in [5.74, 6) is 0.611. The normalized spacial score (nSPS) is 21.8. The molecule has 1 aliphatic heterocycles. The van der Waals surface area contributed by atoms with Crippen LogP contribution in [0.5, 0.6) is 5.75 Å². The number of rotatable bonds is 3. The van der Waals surface area contributed by atoms with E-state index < -0.39 is 16.2 Å². The van der Waals surface area contributed by atoms with Crippen LogP contribution in [0.1, 0.15) is 0 Å². The number of methoxy groups -OCH3 is 1. The Morgan fingerprint density at radius 3 is 2.61 bits per heavy atom. The van der Waals surface area contributed by atoms with E-state index in [0.29, 0.717) is 12.4 Å². The van der Waals surface area contributed by atoms with Crippen molar-refractivity contribution < 1.29 is 17.9 Å². The van der Waals surface area contributed by atoms with Crippen LogP contribution < -0.4 is 10.5 Å². The minimum Gasteiger partial charge on any atom is -0.497 e. The van der Waals surface area contributed by atoms with Gasteiger partial charge in [-0.2, -0.15) is 4.31 Å². The molecule has 1 heterocycles. The standard InChI is InChI=1S/C11H16N2O4S/c1-16-9-2-4-10(5-3-9)18(14,15)13-6-7-17-8-11(13)12/h2-5,11H,6-8,12H2,1H3. The van der Waals surface area contributed by atoms with Gasteiger partial charge in [-0.3, -0.25) is 0 Å². The minimum atomic E-state index is -3.56. The van der Waals surface area contributed by atoms with Gasteiger partial charge < -0.3 is 15.2 Å². The van der Waals surface area contributed by atoms with Crippen LogP contribution in [0.3, 0.4) is 0 Å². The maximum Gasteiger partial charge on any atom is 0.244 e. The van der Waals surface area contributed by atoms with Crippen LogP contribution in [0.2, 0.25) is 0 Å². The van der Waals surface area contributed by atoms with E-state index in [0.717, 1.165) is 0 Å². The van der Waals surface area contributed by atoms with Crippen LogP contribution in [0.25, 0.3) is 0 Å². The number of morpholine rings is 1. The molecule has 1 aromatic carbocycles. The SMILES string of the molecule is COc1ccc(S(=O)(=O)N2CCOCC2N)cc1. The van der Waals surface area contributed by atoms with Crippen LogP contribution >= 0.6 is 0 Å². The number of nitrogens with two attached hydrogens (primary N) is 1. The molecule has 0 aliphatic carbocycles. The molecule has 0 spiro atoms. The summed E-state index contributed by atoms with van der Waals surface area (Å²) in [6, 6.07) is 6.24. The average molecular weight is 272 g/mol. The molecule has 100 valence electrons. The predicted molar refractivity (Wildman–Crippen MR) is 65.7 cm³/mol. The molecule has 1 saturated heterocycles. The molecule has 1 fully saturated rings. The first-order valence-electron chi connectivity index (χ1n) is 5.55. The smallest absolute Gasteiger partial charge is 0.244 e. The molecule has 0 bridgehead atoms. The van der Waals surface area contributed by atoms with Gasteiger partial charge in [0.1, 0.15) is 5.75 Å². The summed E-state index contributed by atoms with van der Waals surface area (Å²) in [7, 11) is -2.03. The molecule has 1 unspecified atom stereocenters. The topological polar surface area (TPSA) is 81.9 Å². The van der Waals surface area contributed by atoms with Crippen molar-refractivity contribution in [2.24, 2.45) is 5.73 Å². The second-order valence-electron chi connectivity index (χ2n) is 3.93. The van der Waals surface area contributed by atoms with E-state index in [4.69, 9.17) is 15.2 Å². The quantitative estimate of drug-likeness (QED) is 0.837. The van der Waals surface area contributed by atoms with Crippen molar-refractivity contribution in [1.29, 1.82) is 0 Å². The summed E-state index contributed by atoms with van der Waals surface area (Å²) in [6.07, 6.45) is -0.633. The fraction of sp³-hybridized carbons (Fsp3) is 0.455. The third kappa shape index (κ3) is 2.49. The molecule has 18 heavy (non-hydrogen) atoms. The molecule has 2 N–H and O–H groups in total. The lowest BCUT2D eigenvalue weighted by molar-refractivity contribution is 0.0350. The van der Waals surface area contributed by atoms with Gasteiger partial charge >= 0.3 is 0 Å². The van der Waals surface area contributed by atoms with E-state index in [1.165, 1.54) is 23.5 Å². The Morgan fingerprint density at radius 2 is 2.06 bits per heavy atom. The van der Waals surface area contributed by atoms with Crippen LogP contribution in [0.4, 0.5) is 0 Å². The summed E-state index contributed by atoms with van der Waals surface area (Å²) in [5.41, 5.74) is 5.76. The van der Waals surface area contributed by atoms with E-state index in [1.54, 1.807) is 12.1 Å². The van der Waals surface area contributed by atoms with Crippen molar-refractivity contribution in [3.63, 3.8) is 0 Å². The van der Waals surface area contributed by atoms with Crippen LogP contribution in [-0.2, 0) is 14.8 Å². The minimum absolute atomic E-state index is 0.209. The maximum atomic E-state index is 12.3. The number of benzene rings is 1. The fourth-order valence-electron chi connectivity index (χ4n) is 1.79. The molecule has 1 atom stereocenters. The number of hydrogen-bond donors (Lipinski definition) is 1. The first-order chi connectivity index (χ1) is 8.55. The first-order valence-corrected chi connectivity index (χ1v) is 6.99. The van der Waals surface area contributed by atoms with Gasteiger partial charge in [0.25, 0.3) is 0 Å². The van der Waals surface area contributed by atoms with Gasteiger partial charge in [-0.1, -0.05) is 0 Å². The fourth-order valence-corrected chi connectivity index (χ4v) is 3.27. The van der Waals surface area contributed by atoms with Crippen molar-refractivity contribution in [2.45, 2.75) is 11.1 Å². The van der Waals surface area contributed by atoms with Gasteiger partial charge in [0.2, 0.25) is 10.0 Å². The van der Waals surface area contributed by atoms with Crippen molar-refractivity contribution >= 4 is 10.0 Å². The Balaban J connectivity index is 2.28. The number of nitrogens with zero attached hydrogens (tertiary/aromatic N) is 1. The molecule has 1 aliphatic rings. The van der Waals surface area contributed by atoms with Crippen molar-refractivity contribution in [3.8, 4) is 5.75 Å². The van der Waals surface area contributed by atoms with Crippen molar-refractivity contribution in [3.05, 3.63) is 24.3 Å². The lowest BCUT2D eigenvalue weighted by Crippen LogP contribution is -2.53. The Hall–Kier alpha value is -1.15. The van der Waals surface area contributed by atoms with E-state index in [2.05, 4.69) is 0 Å². The Kier molecular flexibility index (Phi) is 3.86. The molecular weight excluding hydrogens is 256 g/mol. The molecule has 7 heteroatoms. The summed E-state index contributed by atoms with van der Waals surface area (Å²) in [6.45, 7) is 0.855. The van der Waals surface area contributed by atoms with E-state index in [9.17, 15) is 8.42 Å². The second kappa shape index (κ2) is 5.23. The Bertz CT molecular complexity index is 500. The van der Waals surface area contributed by atoms with Crippen LogP contribution in [-0.4, -0.2) is 45.8 Å². The third-order valence-corrected chi connectivity index (χ3v) is 4.72. The Labute approximate surface area is 106 Å². The van der Waals surface area contributed by atoms with Gasteiger partial charge in [0.15, 0.2) is 0 Å². The zero-order chi connectivity index (χ0) is 13.2. The van der Waals surface area contributed by atoms with Crippen LogP contribution in [0.15, 0.2) is 29.2 Å². The average Bonchev–Trinajstić information content (AvgIpc) is 2.39. The highest BCUT2D eigenvalue weighted by Gasteiger charge is 2.31. The van der Waals surface area contributed by atoms with Gasteiger partial charge in [-0.25, -0.2) is 8.42 Å². The van der Waals surface area contributed by atoms with E-state index in [-0.39, 0.29) is 18.0 Å². The van der Waals surface area contributed by atoms with E-state index in [1.807, 2.05) is 0 Å². The molecular formula is C11H16N2O4S. The molecule has 0 radical (unpaired) electrons. The van der Waals surface area contributed by atoms with Gasteiger partial charge in [-0.15, -0.1) is 0 Å². The molecule has 0 saturated carbocycles. The monoisotopic (exact) mass is 272 g/mol. The largest absolute Gasteiger partial charge is 0.497 e. The molecule has 0 aromatic heterocycles. The van der Waals surface area contributed by atoms with Gasteiger partial charge in [0, 0.05) is 6.54 Å². The summed E-state index contributed by atoms with van der Waals surface area (Å²) in [5, 5.41) is 0. The van der Waals surface area contributed by atoms with E-state index >= 15 is 0 Å². The van der Waals surface area contributed by atoms with Gasteiger partial charge in [-0.05, 0) is 24.3 Å². The summed E-state index contributed by atoms with van der Waals surface area (Å²) < 4.78 is 36.1. The first kappa shape index (κ1) is 13.3. The highest BCUT2D eigenvalue weighted by atomic mass is 32.2. The van der Waals surface area contributed by atoms with Crippen LogP contribution in [0, 0.1) is 0 Å². The van der Waals surface area contributed by atoms with Crippen molar-refractivity contribution in [1.82, 2.24) is 4.31 Å². The zero-order valence-corrected chi connectivity index (χ0v) is 10.9. The molecule has 1 aromatic rings. The summed E-state index contributed by atoms with van der Waals surface area (Å²) in [4.78, 5) is 0.209. The number of ether oxygens (including phenoxy) is 2. The highest BCUT2D eigenvalue weighted by Crippen LogP contribution is 2.21. The summed E-state index contributed by atoms with van der Waals surface area (Å²) >= 11 is 0. The third-order valence-electron chi connectivity index (χ3n) is 2.78. The number of sulfonamides is 1. The molecule has 2 rings (SSSR count). The molecule has 0 amide bonds. The predicted octanol–water partition coefficient (Wildman–Crippen LogP) is 0.000900. The molecule has 6 nitrogen and oxygen atoms in total. The lowest BCUT2D eigenvalue weighted by Gasteiger charge is -2.31. The lowest BCUT2D eigenvalue weighted by atomic mass is 10.3. The number of hydrogen-bond acceptors (Lipinski definition) is 5. The zero-order valence-electron chi connectivity index (χ0n) is 10.1.